The maximum Gasteiger partial charge on any atom is 0.343 e. The quantitative estimate of drug-likeness (QED) is 0.133. The molecule has 4 rings (SSSR count). The minimum atomic E-state index is -4.03. The van der Waals surface area contributed by atoms with Crippen LogP contribution in [0.2, 0.25) is 0 Å². The van der Waals surface area contributed by atoms with Crippen molar-refractivity contribution in [2.24, 2.45) is 5.10 Å². The fraction of sp³-hybridized carbons (Fsp3) is 0.129. The third-order valence-corrected chi connectivity index (χ3v) is 7.68. The summed E-state index contributed by atoms with van der Waals surface area (Å²) in [6.45, 7) is 5.13. The van der Waals surface area contributed by atoms with Gasteiger partial charge < -0.3 is 4.74 Å². The number of carbonyl (C=O) groups excluding carboxylic acids is 2. The number of sulfonamides is 1. The van der Waals surface area contributed by atoms with E-state index in [9.17, 15) is 18.0 Å². The van der Waals surface area contributed by atoms with E-state index in [1.54, 1.807) is 72.8 Å². The molecule has 0 aliphatic heterocycles. The van der Waals surface area contributed by atoms with Crippen molar-refractivity contribution in [3.8, 4) is 5.75 Å². The second kappa shape index (κ2) is 12.4. The number of hydrogen-bond donors (Lipinski definition) is 1. The maximum absolute atomic E-state index is 13.6. The lowest BCUT2D eigenvalue weighted by molar-refractivity contribution is -0.119. The molecule has 1 amide bonds. The first-order valence-corrected chi connectivity index (χ1v) is 13.9. The van der Waals surface area contributed by atoms with Crippen molar-refractivity contribution < 1.29 is 22.7 Å². The number of hydrogen-bond acceptors (Lipinski definition) is 6. The average Bonchev–Trinajstić information content (AvgIpc) is 2.93. The van der Waals surface area contributed by atoms with E-state index in [4.69, 9.17) is 4.74 Å². The van der Waals surface area contributed by atoms with Crippen LogP contribution in [0.3, 0.4) is 0 Å². The lowest BCUT2D eigenvalue weighted by Gasteiger charge is -2.24. The van der Waals surface area contributed by atoms with Crippen molar-refractivity contribution >= 4 is 33.8 Å². The highest BCUT2D eigenvalue weighted by molar-refractivity contribution is 7.92. The highest BCUT2D eigenvalue weighted by Gasteiger charge is 2.27. The van der Waals surface area contributed by atoms with Gasteiger partial charge in [0.25, 0.3) is 15.9 Å². The summed E-state index contributed by atoms with van der Waals surface area (Å²) >= 11 is 0. The number of esters is 1. The summed E-state index contributed by atoms with van der Waals surface area (Å²) in [5.74, 6) is -0.719. The number of nitrogens with zero attached hydrogens (tertiary/aromatic N) is 2. The molecule has 9 heteroatoms. The third kappa shape index (κ3) is 7.21. The van der Waals surface area contributed by atoms with E-state index in [-0.39, 0.29) is 4.90 Å². The van der Waals surface area contributed by atoms with Gasteiger partial charge in [0.1, 0.15) is 12.3 Å². The summed E-state index contributed by atoms with van der Waals surface area (Å²) in [6, 6.07) is 27.1. The summed E-state index contributed by atoms with van der Waals surface area (Å²) in [5, 5.41) is 3.97. The summed E-state index contributed by atoms with van der Waals surface area (Å²) in [6.07, 6.45) is 1.41. The molecule has 1 N–H and O–H groups in total. The summed E-state index contributed by atoms with van der Waals surface area (Å²) in [5.41, 5.74) is 6.53. The van der Waals surface area contributed by atoms with Crippen molar-refractivity contribution in [2.45, 2.75) is 25.7 Å². The molecule has 204 valence electrons. The second-order valence-corrected chi connectivity index (χ2v) is 11.2. The van der Waals surface area contributed by atoms with Crippen molar-refractivity contribution in [3.63, 3.8) is 0 Å². The normalized spacial score (nSPS) is 11.3. The van der Waals surface area contributed by atoms with Crippen LogP contribution < -0.4 is 14.5 Å². The van der Waals surface area contributed by atoms with E-state index in [2.05, 4.69) is 10.5 Å². The highest BCUT2D eigenvalue weighted by Crippen LogP contribution is 2.26. The number of nitrogens with one attached hydrogen (secondary N) is 1. The monoisotopic (exact) mass is 555 g/mol. The van der Waals surface area contributed by atoms with Crippen molar-refractivity contribution in [2.75, 3.05) is 10.8 Å². The van der Waals surface area contributed by atoms with Crippen LogP contribution in [0.5, 0.6) is 5.75 Å². The zero-order valence-corrected chi connectivity index (χ0v) is 23.2. The van der Waals surface area contributed by atoms with Crippen molar-refractivity contribution in [3.05, 3.63) is 125 Å². The van der Waals surface area contributed by atoms with Gasteiger partial charge in [-0.15, -0.1) is 0 Å². The molecule has 0 aromatic heterocycles. The first-order valence-electron chi connectivity index (χ1n) is 12.5. The first-order chi connectivity index (χ1) is 19.1. The summed E-state index contributed by atoms with van der Waals surface area (Å²) in [4.78, 5) is 25.1. The molecule has 0 heterocycles. The second-order valence-electron chi connectivity index (χ2n) is 9.29. The van der Waals surface area contributed by atoms with Gasteiger partial charge in [0.2, 0.25) is 0 Å². The van der Waals surface area contributed by atoms with Crippen LogP contribution in [-0.4, -0.2) is 33.1 Å². The van der Waals surface area contributed by atoms with E-state index < -0.39 is 28.4 Å². The number of benzene rings is 4. The predicted molar refractivity (Wildman–Crippen MR) is 155 cm³/mol. The molecular weight excluding hydrogens is 526 g/mol. The van der Waals surface area contributed by atoms with Gasteiger partial charge in [0.15, 0.2) is 0 Å². The molecule has 8 nitrogen and oxygen atoms in total. The molecule has 0 fully saturated rings. The van der Waals surface area contributed by atoms with E-state index in [1.165, 1.54) is 18.3 Å². The Hall–Kier alpha value is -4.76. The molecule has 0 saturated heterocycles. The highest BCUT2D eigenvalue weighted by atomic mass is 32.2. The Morgan fingerprint density at radius 2 is 1.45 bits per heavy atom. The number of amides is 1. The van der Waals surface area contributed by atoms with Crippen LogP contribution in [0.1, 0.15) is 32.6 Å². The number of aryl methyl sites for hydroxylation is 3. The van der Waals surface area contributed by atoms with E-state index in [0.29, 0.717) is 22.6 Å². The molecular formula is C31H29N3O5S. The van der Waals surface area contributed by atoms with Crippen molar-refractivity contribution in [1.29, 1.82) is 0 Å². The Kier molecular flexibility index (Phi) is 8.76. The zero-order valence-electron chi connectivity index (χ0n) is 22.4. The largest absolute Gasteiger partial charge is 0.423 e. The Morgan fingerprint density at radius 1 is 0.825 bits per heavy atom. The van der Waals surface area contributed by atoms with Crippen LogP contribution in [0.15, 0.2) is 107 Å². The minimum absolute atomic E-state index is 0.0848. The number of rotatable bonds is 9. The van der Waals surface area contributed by atoms with Gasteiger partial charge in [-0.05, 0) is 98.1 Å². The molecule has 0 aliphatic carbocycles. The summed E-state index contributed by atoms with van der Waals surface area (Å²) < 4.78 is 33.6. The average molecular weight is 556 g/mol. The fourth-order valence-corrected chi connectivity index (χ4v) is 5.36. The number of anilines is 1. The molecule has 0 radical (unpaired) electrons. The lowest BCUT2D eigenvalue weighted by atomic mass is 10.1. The van der Waals surface area contributed by atoms with Gasteiger partial charge in [-0.1, -0.05) is 42.0 Å². The molecule has 0 spiro atoms. The molecule has 0 unspecified atom stereocenters. The van der Waals surface area contributed by atoms with Gasteiger partial charge in [0.05, 0.1) is 22.4 Å². The first kappa shape index (κ1) is 28.3. The Morgan fingerprint density at radius 3 is 2.08 bits per heavy atom. The Labute approximate surface area is 234 Å². The zero-order chi connectivity index (χ0) is 28.7. The lowest BCUT2D eigenvalue weighted by Crippen LogP contribution is -2.39. The molecule has 40 heavy (non-hydrogen) atoms. The smallest absolute Gasteiger partial charge is 0.343 e. The minimum Gasteiger partial charge on any atom is -0.423 e. The predicted octanol–water partition coefficient (Wildman–Crippen LogP) is 5.18. The molecule has 0 atom stereocenters. The van der Waals surface area contributed by atoms with E-state index in [0.717, 1.165) is 21.0 Å². The SMILES string of the molecule is Cc1ccc(S(=O)(=O)N(CC(=O)N/N=C\c2ccc(OC(=O)c3ccccc3)cc2)c2cc(C)cc(C)c2)cc1. The molecule has 4 aromatic carbocycles. The molecule has 0 aliphatic rings. The topological polar surface area (TPSA) is 105 Å². The van der Waals surface area contributed by atoms with Crippen molar-refractivity contribution in [1.82, 2.24) is 5.43 Å². The van der Waals surface area contributed by atoms with Crippen LogP contribution in [0.4, 0.5) is 5.69 Å². The number of hydrazone groups is 1. The standard InChI is InChI=1S/C31H29N3O5S/c1-22-9-15-29(16-10-22)40(37,38)34(27-18-23(2)17-24(3)19-27)21-30(35)33-32-20-25-11-13-28(14-12-25)39-31(36)26-7-5-4-6-8-26/h4-20H,21H2,1-3H3,(H,33,35)/b32-20-. The van der Waals surface area contributed by atoms with E-state index >= 15 is 0 Å². The Bertz CT molecular complexity index is 1610. The van der Waals surface area contributed by atoms with Crippen LogP contribution in [0.25, 0.3) is 0 Å². The number of carbonyl (C=O) groups is 2. The maximum atomic E-state index is 13.6. The van der Waals surface area contributed by atoms with Gasteiger partial charge >= 0.3 is 5.97 Å². The van der Waals surface area contributed by atoms with E-state index in [1.807, 2.05) is 32.9 Å². The molecule has 0 saturated carbocycles. The van der Waals surface area contributed by atoms with Gasteiger partial charge in [-0.3, -0.25) is 9.10 Å². The number of ether oxygens (including phenoxy) is 1. The van der Waals surface area contributed by atoms with Gasteiger partial charge in [-0.25, -0.2) is 18.6 Å². The van der Waals surface area contributed by atoms with Crippen LogP contribution >= 0.6 is 0 Å². The van der Waals surface area contributed by atoms with Crippen LogP contribution in [0, 0.1) is 20.8 Å². The molecule has 4 aromatic rings. The van der Waals surface area contributed by atoms with Gasteiger partial charge in [0, 0.05) is 0 Å². The summed E-state index contributed by atoms with van der Waals surface area (Å²) in [7, 11) is -4.03. The van der Waals surface area contributed by atoms with Crippen LogP contribution in [-0.2, 0) is 14.8 Å². The third-order valence-electron chi connectivity index (χ3n) is 5.89. The fourth-order valence-electron chi connectivity index (χ4n) is 3.95. The molecule has 0 bridgehead atoms. The Balaban J connectivity index is 1.45. The van der Waals surface area contributed by atoms with Gasteiger partial charge in [-0.2, -0.15) is 5.10 Å².